The van der Waals surface area contributed by atoms with E-state index in [1.54, 1.807) is 10.6 Å². The van der Waals surface area contributed by atoms with Crippen molar-refractivity contribution >= 4 is 16.9 Å². The van der Waals surface area contributed by atoms with Crippen LogP contribution in [-0.2, 0) is 17.9 Å². The Balaban J connectivity index is 2.24. The van der Waals surface area contributed by atoms with Crippen molar-refractivity contribution in [2.75, 3.05) is 0 Å². The lowest BCUT2D eigenvalue weighted by molar-refractivity contribution is -0.137. The topological polar surface area (TPSA) is 64.2 Å². The van der Waals surface area contributed by atoms with E-state index in [1.807, 2.05) is 48.0 Å². The minimum atomic E-state index is -0.875. The quantitative estimate of drug-likeness (QED) is 0.774. The van der Waals surface area contributed by atoms with Gasteiger partial charge in [-0.25, -0.2) is 0 Å². The molecule has 0 aliphatic rings. The van der Waals surface area contributed by atoms with E-state index in [-0.39, 0.29) is 12.1 Å². The lowest BCUT2D eigenvalue weighted by Crippen LogP contribution is -2.21. The van der Waals surface area contributed by atoms with Crippen LogP contribution in [-0.4, -0.2) is 20.2 Å². The van der Waals surface area contributed by atoms with Crippen LogP contribution in [0.25, 0.3) is 22.0 Å². The Hall–Kier alpha value is -2.82. The van der Waals surface area contributed by atoms with Crippen LogP contribution in [0.5, 0.6) is 0 Å². The molecule has 25 heavy (non-hydrogen) atoms. The van der Waals surface area contributed by atoms with Crippen LogP contribution in [0.1, 0.15) is 19.5 Å². The van der Waals surface area contributed by atoms with Gasteiger partial charge >= 0.3 is 5.97 Å². The van der Waals surface area contributed by atoms with Crippen LogP contribution < -0.4 is 5.56 Å². The SMILES string of the molecule is Cc1c(-c2ccc(=O)n(CC(C)C)c2)c2ccccc2n1CC(=O)O. The summed E-state index contributed by atoms with van der Waals surface area (Å²) in [6.45, 7) is 6.64. The molecule has 0 saturated carbocycles. The van der Waals surface area contributed by atoms with Gasteiger partial charge in [-0.15, -0.1) is 0 Å². The van der Waals surface area contributed by atoms with Crippen LogP contribution in [0, 0.1) is 12.8 Å². The van der Waals surface area contributed by atoms with Crippen LogP contribution in [0.2, 0.25) is 0 Å². The van der Waals surface area contributed by atoms with Crippen molar-refractivity contribution in [2.24, 2.45) is 5.92 Å². The molecule has 0 saturated heterocycles. The molecule has 3 rings (SSSR count). The Morgan fingerprint density at radius 3 is 2.56 bits per heavy atom. The third-order valence-corrected chi connectivity index (χ3v) is 4.36. The van der Waals surface area contributed by atoms with Gasteiger partial charge in [0.05, 0.1) is 0 Å². The molecular formula is C20H22N2O3. The summed E-state index contributed by atoms with van der Waals surface area (Å²) in [5, 5.41) is 10.2. The number of nitrogens with zero attached hydrogens (tertiary/aromatic N) is 2. The maximum absolute atomic E-state index is 12.1. The Labute approximate surface area is 146 Å². The number of aromatic nitrogens is 2. The van der Waals surface area contributed by atoms with Crippen molar-refractivity contribution in [1.29, 1.82) is 0 Å². The van der Waals surface area contributed by atoms with Crippen molar-refractivity contribution < 1.29 is 9.90 Å². The van der Waals surface area contributed by atoms with E-state index in [9.17, 15) is 14.7 Å². The predicted octanol–water partition coefficient (Wildman–Crippen LogP) is 3.52. The molecule has 0 radical (unpaired) electrons. The smallest absolute Gasteiger partial charge is 0.323 e. The van der Waals surface area contributed by atoms with Crippen molar-refractivity contribution in [2.45, 2.75) is 33.9 Å². The monoisotopic (exact) mass is 338 g/mol. The van der Waals surface area contributed by atoms with Crippen LogP contribution in [0.3, 0.4) is 0 Å². The first-order valence-electron chi connectivity index (χ1n) is 8.39. The molecule has 0 aliphatic heterocycles. The minimum Gasteiger partial charge on any atom is -0.480 e. The van der Waals surface area contributed by atoms with E-state index in [0.29, 0.717) is 12.5 Å². The van der Waals surface area contributed by atoms with E-state index in [4.69, 9.17) is 0 Å². The van der Waals surface area contributed by atoms with Crippen molar-refractivity contribution in [3.05, 3.63) is 58.6 Å². The van der Waals surface area contributed by atoms with Gasteiger partial charge in [-0.05, 0) is 25.0 Å². The second-order valence-electron chi connectivity index (χ2n) is 6.76. The number of para-hydroxylation sites is 1. The van der Waals surface area contributed by atoms with Gasteiger partial charge in [-0.1, -0.05) is 32.0 Å². The number of hydrogen-bond donors (Lipinski definition) is 1. The Morgan fingerprint density at radius 2 is 1.88 bits per heavy atom. The number of benzene rings is 1. The molecule has 3 aromatic rings. The molecule has 0 unspecified atom stereocenters. The zero-order valence-electron chi connectivity index (χ0n) is 14.7. The first-order chi connectivity index (χ1) is 11.9. The van der Waals surface area contributed by atoms with Crippen LogP contribution in [0.4, 0.5) is 0 Å². The van der Waals surface area contributed by atoms with Gasteiger partial charge in [0.25, 0.3) is 5.56 Å². The van der Waals surface area contributed by atoms with E-state index < -0.39 is 5.97 Å². The highest BCUT2D eigenvalue weighted by atomic mass is 16.4. The fraction of sp³-hybridized carbons (Fsp3) is 0.300. The molecule has 0 fully saturated rings. The maximum Gasteiger partial charge on any atom is 0.323 e. The number of carboxylic acid groups (broad SMARTS) is 1. The molecule has 1 aromatic carbocycles. The summed E-state index contributed by atoms with van der Waals surface area (Å²) in [6.07, 6.45) is 1.88. The molecule has 0 aliphatic carbocycles. The van der Waals surface area contributed by atoms with Crippen LogP contribution in [0.15, 0.2) is 47.4 Å². The van der Waals surface area contributed by atoms with Gasteiger partial charge in [-0.3, -0.25) is 9.59 Å². The molecule has 0 atom stereocenters. The molecule has 0 amide bonds. The normalized spacial score (nSPS) is 11.4. The molecule has 5 heteroatoms. The fourth-order valence-corrected chi connectivity index (χ4v) is 3.35. The standard InChI is InChI=1S/C20H22N2O3/c1-13(2)10-21-11-15(8-9-18(21)23)20-14(3)22(12-19(24)25)17-7-5-4-6-16(17)20/h4-9,11,13H,10,12H2,1-3H3,(H,24,25). The Morgan fingerprint density at radius 1 is 1.16 bits per heavy atom. The number of fused-ring (bicyclic) bond motifs is 1. The summed E-state index contributed by atoms with van der Waals surface area (Å²) in [7, 11) is 0. The summed E-state index contributed by atoms with van der Waals surface area (Å²) >= 11 is 0. The molecule has 0 bridgehead atoms. The number of aliphatic carboxylic acids is 1. The fourth-order valence-electron chi connectivity index (χ4n) is 3.35. The Kier molecular flexibility index (Phi) is 4.49. The third kappa shape index (κ3) is 3.22. The molecule has 2 heterocycles. The van der Waals surface area contributed by atoms with E-state index >= 15 is 0 Å². The van der Waals surface area contributed by atoms with Gasteiger partial charge in [-0.2, -0.15) is 0 Å². The zero-order chi connectivity index (χ0) is 18.1. The van der Waals surface area contributed by atoms with E-state index in [0.717, 1.165) is 27.7 Å². The van der Waals surface area contributed by atoms with Crippen molar-refractivity contribution in [3.63, 3.8) is 0 Å². The van der Waals surface area contributed by atoms with Gasteiger partial charge in [0.15, 0.2) is 0 Å². The van der Waals surface area contributed by atoms with Gasteiger partial charge in [0.2, 0.25) is 0 Å². The highest BCUT2D eigenvalue weighted by Gasteiger charge is 2.17. The van der Waals surface area contributed by atoms with E-state index in [1.165, 1.54) is 0 Å². The predicted molar refractivity (Wildman–Crippen MR) is 98.8 cm³/mol. The highest BCUT2D eigenvalue weighted by molar-refractivity contribution is 5.98. The second-order valence-corrected chi connectivity index (χ2v) is 6.76. The minimum absolute atomic E-state index is 0.0237. The lowest BCUT2D eigenvalue weighted by atomic mass is 10.0. The average Bonchev–Trinajstić information content (AvgIpc) is 2.81. The summed E-state index contributed by atoms with van der Waals surface area (Å²) in [6, 6.07) is 11.2. The highest BCUT2D eigenvalue weighted by Crippen LogP contribution is 2.34. The summed E-state index contributed by atoms with van der Waals surface area (Å²) in [5.74, 6) is -0.511. The molecule has 2 aromatic heterocycles. The number of carboxylic acids is 1. The van der Waals surface area contributed by atoms with Crippen molar-refractivity contribution in [3.8, 4) is 11.1 Å². The maximum atomic E-state index is 12.1. The Bertz CT molecular complexity index is 996. The number of pyridine rings is 1. The first kappa shape index (κ1) is 17.0. The molecule has 5 nitrogen and oxygen atoms in total. The molecule has 1 N–H and O–H groups in total. The van der Waals surface area contributed by atoms with Crippen molar-refractivity contribution in [1.82, 2.24) is 9.13 Å². The number of carbonyl (C=O) groups is 1. The number of rotatable bonds is 5. The third-order valence-electron chi connectivity index (χ3n) is 4.36. The van der Waals surface area contributed by atoms with Crippen LogP contribution >= 0.6 is 0 Å². The summed E-state index contributed by atoms with van der Waals surface area (Å²) < 4.78 is 3.54. The molecular weight excluding hydrogens is 316 g/mol. The number of hydrogen-bond acceptors (Lipinski definition) is 2. The zero-order valence-corrected chi connectivity index (χ0v) is 14.7. The lowest BCUT2D eigenvalue weighted by Gasteiger charge is -2.11. The van der Waals surface area contributed by atoms with Gasteiger partial charge in [0, 0.05) is 46.5 Å². The molecule has 130 valence electrons. The van der Waals surface area contributed by atoms with Gasteiger partial charge in [0.1, 0.15) is 6.54 Å². The van der Waals surface area contributed by atoms with Gasteiger partial charge < -0.3 is 14.2 Å². The largest absolute Gasteiger partial charge is 0.480 e. The first-order valence-corrected chi connectivity index (χ1v) is 8.39. The van der Waals surface area contributed by atoms with E-state index in [2.05, 4.69) is 13.8 Å². The molecule has 0 spiro atoms. The summed E-state index contributed by atoms with van der Waals surface area (Å²) in [5.41, 5.74) is 3.66. The summed E-state index contributed by atoms with van der Waals surface area (Å²) in [4.78, 5) is 23.4. The second kappa shape index (κ2) is 6.59. The average molecular weight is 338 g/mol.